The summed E-state index contributed by atoms with van der Waals surface area (Å²) in [5, 5.41) is 0. The molecule has 3 aromatic rings. The molecule has 124 valence electrons. The zero-order chi connectivity index (χ0) is 17.3. The minimum absolute atomic E-state index is 0.201. The molecule has 0 bridgehead atoms. The Balaban J connectivity index is 1.92. The lowest BCUT2D eigenvalue weighted by molar-refractivity contribution is 0.583. The molecule has 1 heterocycles. The number of halogens is 3. The summed E-state index contributed by atoms with van der Waals surface area (Å²) >= 11 is 0. The van der Waals surface area contributed by atoms with Crippen LogP contribution in [0.4, 0.5) is 18.9 Å². The molecule has 0 unspecified atom stereocenters. The predicted molar refractivity (Wildman–Crippen MR) is 83.4 cm³/mol. The second kappa shape index (κ2) is 6.04. The van der Waals surface area contributed by atoms with Crippen LogP contribution < -0.4 is 4.72 Å². The van der Waals surface area contributed by atoms with Gasteiger partial charge in [-0.3, -0.25) is 4.72 Å². The smallest absolute Gasteiger partial charge is 0.263 e. The fourth-order valence-corrected chi connectivity index (χ4v) is 3.20. The van der Waals surface area contributed by atoms with Crippen LogP contribution in [0.15, 0.2) is 59.6 Å². The van der Waals surface area contributed by atoms with E-state index in [1.807, 2.05) is 4.72 Å². The molecule has 0 spiro atoms. The van der Waals surface area contributed by atoms with E-state index < -0.39 is 27.5 Å². The topological polar surface area (TPSA) is 62.0 Å². The predicted octanol–water partition coefficient (Wildman–Crippen LogP) is 3.90. The molecule has 0 amide bonds. The van der Waals surface area contributed by atoms with E-state index in [1.165, 1.54) is 24.3 Å². The van der Waals surface area contributed by atoms with Crippen LogP contribution in [-0.4, -0.2) is 13.4 Å². The van der Waals surface area contributed by atoms with Gasteiger partial charge >= 0.3 is 0 Å². The quantitative estimate of drug-likeness (QED) is 0.748. The number of hydrogen-bond donors (Lipinski definition) is 2. The van der Waals surface area contributed by atoms with E-state index in [-0.39, 0.29) is 21.8 Å². The summed E-state index contributed by atoms with van der Waals surface area (Å²) in [6.07, 6.45) is 1.16. The molecule has 0 radical (unpaired) electrons. The van der Waals surface area contributed by atoms with Crippen molar-refractivity contribution in [1.29, 1.82) is 0 Å². The van der Waals surface area contributed by atoms with Gasteiger partial charge < -0.3 is 4.98 Å². The highest BCUT2D eigenvalue weighted by molar-refractivity contribution is 7.92. The van der Waals surface area contributed by atoms with Gasteiger partial charge in [-0.05, 0) is 30.3 Å². The minimum Gasteiger partial charge on any atom is -0.360 e. The van der Waals surface area contributed by atoms with Crippen molar-refractivity contribution < 1.29 is 21.6 Å². The lowest BCUT2D eigenvalue weighted by Crippen LogP contribution is -2.13. The zero-order valence-electron chi connectivity index (χ0n) is 12.1. The Morgan fingerprint density at radius 1 is 0.917 bits per heavy atom. The minimum atomic E-state index is -4.11. The summed E-state index contributed by atoms with van der Waals surface area (Å²) in [5.74, 6) is -2.37. The van der Waals surface area contributed by atoms with Gasteiger partial charge in [0.15, 0.2) is 0 Å². The van der Waals surface area contributed by atoms with E-state index in [0.717, 1.165) is 18.3 Å². The van der Waals surface area contributed by atoms with E-state index in [9.17, 15) is 21.6 Å². The number of hydrogen-bond acceptors (Lipinski definition) is 2. The zero-order valence-corrected chi connectivity index (χ0v) is 12.9. The summed E-state index contributed by atoms with van der Waals surface area (Å²) < 4.78 is 66.8. The molecule has 0 aliphatic heterocycles. The largest absolute Gasteiger partial charge is 0.360 e. The van der Waals surface area contributed by atoms with Gasteiger partial charge in [-0.25, -0.2) is 21.6 Å². The first-order valence-electron chi connectivity index (χ1n) is 6.78. The average Bonchev–Trinajstić information content (AvgIpc) is 3.01. The van der Waals surface area contributed by atoms with Gasteiger partial charge in [-0.1, -0.05) is 12.1 Å². The maximum Gasteiger partial charge on any atom is 0.263 e. The summed E-state index contributed by atoms with van der Waals surface area (Å²) in [4.78, 5) is 2.46. The van der Waals surface area contributed by atoms with Gasteiger partial charge in [0.05, 0.1) is 5.69 Å². The molecule has 8 heteroatoms. The van der Waals surface area contributed by atoms with Gasteiger partial charge in [-0.2, -0.15) is 0 Å². The molecule has 3 rings (SSSR count). The number of H-pyrrole nitrogens is 1. The maximum absolute atomic E-state index is 13.7. The Labute approximate surface area is 136 Å². The normalized spacial score (nSPS) is 11.5. The van der Waals surface area contributed by atoms with E-state index >= 15 is 0 Å². The van der Waals surface area contributed by atoms with Gasteiger partial charge in [0.25, 0.3) is 10.0 Å². The molecule has 0 saturated carbocycles. The number of anilines is 1. The van der Waals surface area contributed by atoms with Crippen molar-refractivity contribution in [2.75, 3.05) is 4.72 Å². The van der Waals surface area contributed by atoms with Crippen molar-refractivity contribution in [3.05, 3.63) is 72.2 Å². The summed E-state index contributed by atoms with van der Waals surface area (Å²) in [5.41, 5.74) is 0.0741. The van der Waals surface area contributed by atoms with Crippen LogP contribution in [0.1, 0.15) is 0 Å². The molecule has 0 saturated heterocycles. The van der Waals surface area contributed by atoms with Crippen LogP contribution in [0.3, 0.4) is 0 Å². The number of rotatable bonds is 4. The van der Waals surface area contributed by atoms with Gasteiger partial charge in [0, 0.05) is 23.5 Å². The highest BCUT2D eigenvalue weighted by Gasteiger charge is 2.19. The number of aromatic amines is 1. The first kappa shape index (κ1) is 16.1. The Bertz CT molecular complexity index is 1000. The molecule has 2 aromatic carbocycles. The molecule has 0 aliphatic rings. The summed E-state index contributed by atoms with van der Waals surface area (Å²) in [7, 11) is -4.11. The second-order valence-corrected chi connectivity index (χ2v) is 6.64. The van der Waals surface area contributed by atoms with Crippen molar-refractivity contribution in [3.8, 4) is 11.3 Å². The molecule has 4 nitrogen and oxygen atoms in total. The molecule has 2 N–H and O–H groups in total. The molecule has 24 heavy (non-hydrogen) atoms. The lowest BCUT2D eigenvalue weighted by atomic mass is 10.1. The van der Waals surface area contributed by atoms with Crippen LogP contribution in [-0.2, 0) is 10.0 Å². The van der Waals surface area contributed by atoms with Crippen LogP contribution in [0.25, 0.3) is 11.3 Å². The molecular weight excluding hydrogens is 341 g/mol. The standard InChI is InChI=1S/C16H11F3N2O2S/c17-10-5-6-15(14(19)7-10)21-24(22,23)11-8-16(20-9-11)12-3-1-2-4-13(12)18/h1-9,20-21H. The summed E-state index contributed by atoms with van der Waals surface area (Å²) in [6, 6.07) is 9.57. The molecule has 1 aromatic heterocycles. The third-order valence-corrected chi connectivity index (χ3v) is 4.65. The van der Waals surface area contributed by atoms with Crippen molar-refractivity contribution in [2.45, 2.75) is 4.90 Å². The average molecular weight is 352 g/mol. The monoisotopic (exact) mass is 352 g/mol. The fraction of sp³-hybridized carbons (Fsp3) is 0. The van der Waals surface area contributed by atoms with E-state index in [4.69, 9.17) is 0 Å². The Hall–Kier alpha value is -2.74. The number of aromatic nitrogens is 1. The highest BCUT2D eigenvalue weighted by Crippen LogP contribution is 2.26. The van der Waals surface area contributed by atoms with E-state index in [0.29, 0.717) is 6.07 Å². The second-order valence-electron chi connectivity index (χ2n) is 4.96. The fourth-order valence-electron chi connectivity index (χ4n) is 2.14. The molecule has 0 aliphatic carbocycles. The van der Waals surface area contributed by atoms with Crippen LogP contribution in [0.5, 0.6) is 0 Å². The lowest BCUT2D eigenvalue weighted by Gasteiger charge is -2.07. The van der Waals surface area contributed by atoms with Crippen molar-refractivity contribution in [1.82, 2.24) is 4.98 Å². The number of sulfonamides is 1. The van der Waals surface area contributed by atoms with Crippen molar-refractivity contribution in [3.63, 3.8) is 0 Å². The van der Waals surface area contributed by atoms with Gasteiger partial charge in [0.2, 0.25) is 0 Å². The highest BCUT2D eigenvalue weighted by atomic mass is 32.2. The molecule has 0 atom stereocenters. The maximum atomic E-state index is 13.7. The third-order valence-electron chi connectivity index (χ3n) is 3.31. The van der Waals surface area contributed by atoms with Crippen LogP contribution >= 0.6 is 0 Å². The van der Waals surface area contributed by atoms with Crippen LogP contribution in [0, 0.1) is 17.5 Å². The third kappa shape index (κ3) is 3.13. The number of benzene rings is 2. The number of nitrogens with one attached hydrogen (secondary N) is 2. The first-order valence-corrected chi connectivity index (χ1v) is 8.26. The Kier molecular flexibility index (Phi) is 4.06. The van der Waals surface area contributed by atoms with Gasteiger partial charge in [0.1, 0.15) is 22.3 Å². The molecule has 0 fully saturated rings. The van der Waals surface area contributed by atoms with Gasteiger partial charge in [-0.15, -0.1) is 0 Å². The van der Waals surface area contributed by atoms with E-state index in [2.05, 4.69) is 4.98 Å². The first-order chi connectivity index (χ1) is 11.4. The SMILES string of the molecule is O=S(=O)(Nc1ccc(F)cc1F)c1c[nH]c(-c2ccccc2F)c1. The van der Waals surface area contributed by atoms with E-state index in [1.54, 1.807) is 6.07 Å². The summed E-state index contributed by atoms with van der Waals surface area (Å²) in [6.45, 7) is 0. The van der Waals surface area contributed by atoms with Crippen molar-refractivity contribution >= 4 is 15.7 Å². The van der Waals surface area contributed by atoms with Crippen molar-refractivity contribution in [2.24, 2.45) is 0 Å². The Morgan fingerprint density at radius 3 is 2.38 bits per heavy atom. The van der Waals surface area contributed by atoms with Crippen LogP contribution in [0.2, 0.25) is 0 Å². The Morgan fingerprint density at radius 2 is 1.67 bits per heavy atom. The molecular formula is C16H11F3N2O2S.